The minimum absolute atomic E-state index is 0.324. The lowest BCUT2D eigenvalue weighted by Crippen LogP contribution is -2.59. The molecule has 42 heavy (non-hydrogen) atoms. The molecule has 1 saturated heterocycles. The van der Waals surface area contributed by atoms with Crippen LogP contribution in [0.25, 0.3) is 17.1 Å². The van der Waals surface area contributed by atoms with E-state index in [1.165, 1.54) is 36.5 Å². The Morgan fingerprint density at radius 2 is 1.62 bits per heavy atom. The van der Waals surface area contributed by atoms with E-state index in [9.17, 15) is 22.0 Å². The normalized spacial score (nSPS) is 23.3. The minimum atomic E-state index is -5.84. The quantitative estimate of drug-likeness (QED) is 0.172. The topological polar surface area (TPSA) is 98.5 Å². The van der Waals surface area contributed by atoms with Crippen molar-refractivity contribution in [1.82, 2.24) is 14.8 Å². The van der Waals surface area contributed by atoms with Crippen molar-refractivity contribution in [1.29, 1.82) is 0 Å². The van der Waals surface area contributed by atoms with Crippen LogP contribution in [0.1, 0.15) is 19.4 Å². The van der Waals surface area contributed by atoms with E-state index >= 15 is 0 Å². The maximum atomic E-state index is 13.1. The Balaban J connectivity index is 1.38. The Bertz CT molecular complexity index is 1320. The molecule has 15 heteroatoms. The lowest BCUT2D eigenvalue weighted by Gasteiger charge is -2.42. The second-order valence-electron chi connectivity index (χ2n) is 9.12. The number of ether oxygens (including phenoxy) is 5. The molecule has 228 valence electrons. The molecule has 2 aromatic carbocycles. The summed E-state index contributed by atoms with van der Waals surface area (Å²) < 4.78 is 91.3. The fourth-order valence-electron chi connectivity index (χ4n) is 4.28. The van der Waals surface area contributed by atoms with E-state index in [0.29, 0.717) is 29.2 Å². The van der Waals surface area contributed by atoms with E-state index in [-0.39, 0.29) is 12.2 Å². The summed E-state index contributed by atoms with van der Waals surface area (Å²) >= 11 is 0. The van der Waals surface area contributed by atoms with Gasteiger partial charge in [0.25, 0.3) is 6.29 Å². The fraction of sp³-hybridized carbons (Fsp3) is 0.444. The average Bonchev–Trinajstić information content (AvgIpc) is 3.44. The first kappa shape index (κ1) is 31.3. The summed E-state index contributed by atoms with van der Waals surface area (Å²) in [6.07, 6.45) is -10.7. The molecule has 0 radical (unpaired) electrons. The van der Waals surface area contributed by atoms with E-state index in [1.54, 1.807) is 31.4 Å². The molecule has 0 N–H and O–H groups in total. The van der Waals surface area contributed by atoms with Gasteiger partial charge in [0.2, 0.25) is 0 Å². The molecule has 0 bridgehead atoms. The molecule has 1 aromatic heterocycles. The zero-order chi connectivity index (χ0) is 30.5. The molecule has 0 unspecified atom stereocenters. The lowest BCUT2D eigenvalue weighted by molar-refractivity contribution is -0.360. The second kappa shape index (κ2) is 13.1. The lowest BCUT2D eigenvalue weighted by atomic mass is 9.99. The minimum Gasteiger partial charge on any atom is -0.426 e. The highest BCUT2D eigenvalue weighted by atomic mass is 19.4. The smallest absolute Gasteiger partial charge is 0.426 e. The van der Waals surface area contributed by atoms with Crippen molar-refractivity contribution in [2.24, 2.45) is 5.16 Å². The summed E-state index contributed by atoms with van der Waals surface area (Å²) in [7, 11) is 3.11. The maximum Gasteiger partial charge on any atom is 0.499 e. The third-order valence-electron chi connectivity index (χ3n) is 6.34. The standard InChI is InChI=1S/C27H29F5N4O6/c1-5-39-22-21(37-3)16(2)40-25(23(22)38-4)42-34-14-17-6-8-18(9-7-17)24-33-15-36(35-24)19-10-12-20(13-11-19)41-27(31,32)26(28,29)30/h6-16,21-23,25H,5H2,1-4H3/b34-14+/t16-,21-,22+,23+,25-/m0/s1. The van der Waals surface area contributed by atoms with Crippen LogP contribution < -0.4 is 4.74 Å². The number of alkyl halides is 5. The number of nitrogens with zero attached hydrogens (tertiary/aromatic N) is 4. The molecule has 0 aliphatic carbocycles. The monoisotopic (exact) mass is 600 g/mol. The Labute approximate surface area is 237 Å². The van der Waals surface area contributed by atoms with Gasteiger partial charge in [-0.25, -0.2) is 9.67 Å². The second-order valence-corrected chi connectivity index (χ2v) is 9.12. The Hall–Kier alpha value is -3.66. The third-order valence-corrected chi connectivity index (χ3v) is 6.34. The van der Waals surface area contributed by atoms with Crippen LogP contribution in [0, 0.1) is 0 Å². The zero-order valence-corrected chi connectivity index (χ0v) is 23.0. The first-order valence-corrected chi connectivity index (χ1v) is 12.7. The highest BCUT2D eigenvalue weighted by Crippen LogP contribution is 2.37. The molecule has 1 fully saturated rings. The highest BCUT2D eigenvalue weighted by molar-refractivity contribution is 5.80. The van der Waals surface area contributed by atoms with Gasteiger partial charge in [-0.2, -0.15) is 22.0 Å². The number of halogens is 5. The fourth-order valence-corrected chi connectivity index (χ4v) is 4.28. The van der Waals surface area contributed by atoms with Gasteiger partial charge in [-0.1, -0.05) is 29.4 Å². The Kier molecular flexibility index (Phi) is 9.76. The van der Waals surface area contributed by atoms with Crippen molar-refractivity contribution in [3.63, 3.8) is 0 Å². The summed E-state index contributed by atoms with van der Waals surface area (Å²) in [5.74, 6) is -0.306. The maximum absolute atomic E-state index is 13.1. The molecule has 10 nitrogen and oxygen atoms in total. The number of rotatable bonds is 11. The average molecular weight is 601 g/mol. The van der Waals surface area contributed by atoms with Crippen LogP contribution in [0.2, 0.25) is 0 Å². The summed E-state index contributed by atoms with van der Waals surface area (Å²) in [4.78, 5) is 9.83. The van der Waals surface area contributed by atoms with Crippen molar-refractivity contribution in [3.05, 3.63) is 60.4 Å². The molecule has 3 aromatic rings. The molecule has 1 aliphatic heterocycles. The van der Waals surface area contributed by atoms with E-state index in [2.05, 4.69) is 20.0 Å². The number of methoxy groups -OCH3 is 2. The first-order chi connectivity index (χ1) is 20.0. The zero-order valence-electron chi connectivity index (χ0n) is 23.0. The van der Waals surface area contributed by atoms with Crippen LogP contribution in [0.3, 0.4) is 0 Å². The molecule has 5 atom stereocenters. The van der Waals surface area contributed by atoms with Crippen LogP contribution in [0.4, 0.5) is 22.0 Å². The van der Waals surface area contributed by atoms with Crippen LogP contribution in [-0.2, 0) is 23.8 Å². The van der Waals surface area contributed by atoms with Crippen molar-refractivity contribution in [2.75, 3.05) is 20.8 Å². The van der Waals surface area contributed by atoms with Crippen molar-refractivity contribution < 1.29 is 50.5 Å². The van der Waals surface area contributed by atoms with Crippen LogP contribution in [0.15, 0.2) is 60.0 Å². The molecule has 2 heterocycles. The number of aromatic nitrogens is 3. The summed E-state index contributed by atoms with van der Waals surface area (Å²) in [6.45, 7) is 4.19. The van der Waals surface area contributed by atoms with Gasteiger partial charge in [0.1, 0.15) is 24.3 Å². The Morgan fingerprint density at radius 1 is 0.952 bits per heavy atom. The predicted molar refractivity (Wildman–Crippen MR) is 138 cm³/mol. The Morgan fingerprint density at radius 3 is 2.21 bits per heavy atom. The largest absolute Gasteiger partial charge is 0.499 e. The molecule has 1 aliphatic rings. The van der Waals surface area contributed by atoms with Crippen molar-refractivity contribution in [3.8, 4) is 22.8 Å². The van der Waals surface area contributed by atoms with Gasteiger partial charge >= 0.3 is 12.3 Å². The van der Waals surface area contributed by atoms with Gasteiger partial charge in [-0.15, -0.1) is 5.10 Å². The van der Waals surface area contributed by atoms with Gasteiger partial charge in [-0.05, 0) is 43.7 Å². The molecule has 0 amide bonds. The van der Waals surface area contributed by atoms with Crippen LogP contribution in [0.5, 0.6) is 5.75 Å². The first-order valence-electron chi connectivity index (χ1n) is 12.7. The summed E-state index contributed by atoms with van der Waals surface area (Å²) in [5.41, 5.74) is 1.73. The van der Waals surface area contributed by atoms with Crippen LogP contribution >= 0.6 is 0 Å². The predicted octanol–water partition coefficient (Wildman–Crippen LogP) is 5.00. The van der Waals surface area contributed by atoms with Gasteiger partial charge in [0, 0.05) is 26.4 Å². The third kappa shape index (κ3) is 7.03. The van der Waals surface area contributed by atoms with Crippen molar-refractivity contribution in [2.45, 2.75) is 56.8 Å². The summed E-state index contributed by atoms with van der Waals surface area (Å²) in [6, 6.07) is 11.5. The summed E-state index contributed by atoms with van der Waals surface area (Å²) in [5, 5.41) is 8.38. The van der Waals surface area contributed by atoms with Crippen molar-refractivity contribution >= 4 is 6.21 Å². The number of benzene rings is 2. The molecule has 0 spiro atoms. The van der Waals surface area contributed by atoms with E-state index < -0.39 is 36.5 Å². The SMILES string of the molecule is CCO[C@@H]1[C@@H](OC)[C@H](C)O[C@@H](O/N=C/c2ccc(-c3ncn(-c4ccc(OC(F)(F)C(F)(F)F)cc4)n3)cc2)[C@@H]1OC. The van der Waals surface area contributed by atoms with E-state index in [0.717, 1.165) is 12.1 Å². The highest BCUT2D eigenvalue weighted by Gasteiger charge is 2.61. The van der Waals surface area contributed by atoms with Gasteiger partial charge in [0.05, 0.1) is 18.0 Å². The van der Waals surface area contributed by atoms with Crippen LogP contribution in [-0.4, -0.2) is 84.8 Å². The van der Waals surface area contributed by atoms with Gasteiger partial charge in [0.15, 0.2) is 11.9 Å². The van der Waals surface area contributed by atoms with Gasteiger partial charge in [-0.3, -0.25) is 0 Å². The number of hydrogen-bond acceptors (Lipinski definition) is 9. The molecule has 4 rings (SSSR count). The van der Waals surface area contributed by atoms with E-state index in [1.807, 2.05) is 13.8 Å². The van der Waals surface area contributed by atoms with Gasteiger partial charge < -0.3 is 28.5 Å². The molecule has 0 saturated carbocycles. The molecular weight excluding hydrogens is 571 g/mol. The number of hydrogen-bond donors (Lipinski definition) is 0. The molecular formula is C27H29F5N4O6. The van der Waals surface area contributed by atoms with E-state index in [4.69, 9.17) is 23.8 Å². The number of oxime groups is 1.